The van der Waals surface area contributed by atoms with Crippen molar-refractivity contribution in [2.24, 2.45) is 5.73 Å². The van der Waals surface area contributed by atoms with Crippen LogP contribution in [0.25, 0.3) is 11.4 Å². The minimum atomic E-state index is -0.523. The third kappa shape index (κ3) is 2.68. The number of methoxy groups -OCH3 is 1. The van der Waals surface area contributed by atoms with Gasteiger partial charge in [-0.1, -0.05) is 35.5 Å². The number of halogens is 1. The van der Waals surface area contributed by atoms with E-state index in [1.165, 1.54) is 19.2 Å². The van der Waals surface area contributed by atoms with E-state index >= 15 is 0 Å². The summed E-state index contributed by atoms with van der Waals surface area (Å²) < 4.78 is 23.8. The maximum Gasteiger partial charge on any atom is 0.248 e. The van der Waals surface area contributed by atoms with Gasteiger partial charge < -0.3 is 15.0 Å². The maximum atomic E-state index is 13.7. The first kappa shape index (κ1) is 14.2. The highest BCUT2D eigenvalue weighted by molar-refractivity contribution is 5.56. The summed E-state index contributed by atoms with van der Waals surface area (Å²) in [5.74, 6) is 0.229. The summed E-state index contributed by atoms with van der Waals surface area (Å²) in [6.45, 7) is 0. The molecule has 1 unspecified atom stereocenters. The summed E-state index contributed by atoms with van der Waals surface area (Å²) in [6.07, 6.45) is 0. The van der Waals surface area contributed by atoms with Crippen molar-refractivity contribution in [2.45, 2.75) is 6.04 Å². The minimum absolute atomic E-state index is 0.161. The van der Waals surface area contributed by atoms with E-state index in [0.29, 0.717) is 5.56 Å². The largest absolute Gasteiger partial charge is 0.494 e. The Morgan fingerprint density at radius 2 is 1.95 bits per heavy atom. The minimum Gasteiger partial charge on any atom is -0.494 e. The van der Waals surface area contributed by atoms with E-state index in [-0.39, 0.29) is 17.5 Å². The van der Waals surface area contributed by atoms with Crippen LogP contribution in [-0.2, 0) is 0 Å². The third-order valence-electron chi connectivity index (χ3n) is 3.28. The molecular weight excluding hydrogens is 285 g/mol. The normalized spacial score (nSPS) is 12.1. The second-order valence-corrected chi connectivity index (χ2v) is 4.69. The van der Waals surface area contributed by atoms with Crippen molar-refractivity contribution in [3.05, 3.63) is 65.8 Å². The van der Waals surface area contributed by atoms with Crippen LogP contribution in [-0.4, -0.2) is 17.3 Å². The van der Waals surface area contributed by atoms with Crippen LogP contribution in [0.15, 0.2) is 53.1 Å². The Balaban J connectivity index is 1.89. The third-order valence-corrected chi connectivity index (χ3v) is 3.28. The van der Waals surface area contributed by atoms with Gasteiger partial charge >= 0.3 is 0 Å². The average molecular weight is 299 g/mol. The molecule has 5 nitrogen and oxygen atoms in total. The molecule has 2 aromatic carbocycles. The first-order chi connectivity index (χ1) is 10.7. The van der Waals surface area contributed by atoms with Crippen LogP contribution in [0.5, 0.6) is 5.75 Å². The lowest BCUT2D eigenvalue weighted by atomic mass is 10.1. The second kappa shape index (κ2) is 5.95. The van der Waals surface area contributed by atoms with Gasteiger partial charge in [-0.3, -0.25) is 0 Å². The molecule has 0 aliphatic rings. The SMILES string of the molecule is COc1ccc(-c2noc(C(N)c3ccccc3)n2)cc1F. The number of benzene rings is 2. The molecule has 3 rings (SSSR count). The first-order valence-electron chi connectivity index (χ1n) is 6.67. The average Bonchev–Trinajstić information content (AvgIpc) is 3.05. The van der Waals surface area contributed by atoms with E-state index < -0.39 is 11.9 Å². The molecular formula is C16H14FN3O2. The van der Waals surface area contributed by atoms with Gasteiger partial charge in [-0.15, -0.1) is 0 Å². The van der Waals surface area contributed by atoms with E-state index in [4.69, 9.17) is 15.0 Å². The number of hydrogen-bond acceptors (Lipinski definition) is 5. The standard InChI is InChI=1S/C16H14FN3O2/c1-21-13-8-7-11(9-12(13)17)15-19-16(22-20-15)14(18)10-5-3-2-4-6-10/h2-9,14H,18H2,1H3. The summed E-state index contributed by atoms with van der Waals surface area (Å²) in [5.41, 5.74) is 7.45. The van der Waals surface area contributed by atoms with E-state index in [0.717, 1.165) is 5.56 Å². The molecule has 112 valence electrons. The molecule has 0 saturated carbocycles. The predicted molar refractivity (Wildman–Crippen MR) is 78.7 cm³/mol. The summed E-state index contributed by atoms with van der Waals surface area (Å²) in [4.78, 5) is 4.24. The summed E-state index contributed by atoms with van der Waals surface area (Å²) in [6, 6.07) is 13.4. The highest BCUT2D eigenvalue weighted by atomic mass is 19.1. The monoisotopic (exact) mass is 299 g/mol. The lowest BCUT2D eigenvalue weighted by Crippen LogP contribution is -2.11. The van der Waals surface area contributed by atoms with E-state index in [2.05, 4.69) is 10.1 Å². The van der Waals surface area contributed by atoms with Crippen molar-refractivity contribution in [3.63, 3.8) is 0 Å². The lowest BCUT2D eigenvalue weighted by molar-refractivity contribution is 0.367. The van der Waals surface area contributed by atoms with Gasteiger partial charge in [-0.2, -0.15) is 4.98 Å². The van der Waals surface area contributed by atoms with Gasteiger partial charge in [-0.05, 0) is 23.8 Å². The molecule has 0 amide bonds. The van der Waals surface area contributed by atoms with E-state index in [1.54, 1.807) is 6.07 Å². The van der Waals surface area contributed by atoms with Gasteiger partial charge in [0.05, 0.1) is 7.11 Å². The number of ether oxygens (including phenoxy) is 1. The van der Waals surface area contributed by atoms with Crippen molar-refractivity contribution < 1.29 is 13.7 Å². The lowest BCUT2D eigenvalue weighted by Gasteiger charge is -2.05. The maximum absolute atomic E-state index is 13.7. The molecule has 0 fully saturated rings. The Morgan fingerprint density at radius 3 is 2.64 bits per heavy atom. The van der Waals surface area contributed by atoms with Crippen molar-refractivity contribution in [2.75, 3.05) is 7.11 Å². The van der Waals surface area contributed by atoms with E-state index in [1.807, 2.05) is 30.3 Å². The molecule has 1 aromatic heterocycles. The van der Waals surface area contributed by atoms with Crippen LogP contribution < -0.4 is 10.5 Å². The molecule has 3 aromatic rings. The Bertz CT molecular complexity index is 774. The van der Waals surface area contributed by atoms with Crippen LogP contribution in [0.3, 0.4) is 0 Å². The summed E-state index contributed by atoms with van der Waals surface area (Å²) in [5, 5.41) is 3.86. The second-order valence-electron chi connectivity index (χ2n) is 4.69. The number of nitrogens with zero attached hydrogens (tertiary/aromatic N) is 2. The zero-order valence-corrected chi connectivity index (χ0v) is 11.9. The Morgan fingerprint density at radius 1 is 1.18 bits per heavy atom. The molecule has 0 aliphatic heterocycles. The quantitative estimate of drug-likeness (QED) is 0.801. The zero-order chi connectivity index (χ0) is 15.5. The number of aromatic nitrogens is 2. The smallest absolute Gasteiger partial charge is 0.248 e. The van der Waals surface area contributed by atoms with Gasteiger partial charge in [0.25, 0.3) is 0 Å². The van der Waals surface area contributed by atoms with Gasteiger partial charge in [0.1, 0.15) is 6.04 Å². The predicted octanol–water partition coefficient (Wildman–Crippen LogP) is 2.93. The topological polar surface area (TPSA) is 74.2 Å². The van der Waals surface area contributed by atoms with E-state index in [9.17, 15) is 4.39 Å². The number of rotatable bonds is 4. The molecule has 2 N–H and O–H groups in total. The molecule has 0 aliphatic carbocycles. The zero-order valence-electron chi connectivity index (χ0n) is 11.9. The molecule has 0 saturated heterocycles. The Labute approximate surface area is 126 Å². The van der Waals surface area contributed by atoms with Crippen molar-refractivity contribution in [1.29, 1.82) is 0 Å². The van der Waals surface area contributed by atoms with Crippen LogP contribution in [0.2, 0.25) is 0 Å². The first-order valence-corrected chi connectivity index (χ1v) is 6.67. The summed E-state index contributed by atoms with van der Waals surface area (Å²) in [7, 11) is 1.41. The fraction of sp³-hybridized carbons (Fsp3) is 0.125. The van der Waals surface area contributed by atoms with Crippen molar-refractivity contribution in [1.82, 2.24) is 10.1 Å². The van der Waals surface area contributed by atoms with Gasteiger partial charge in [-0.25, -0.2) is 4.39 Å². The molecule has 6 heteroatoms. The highest BCUT2D eigenvalue weighted by Crippen LogP contribution is 2.25. The van der Waals surface area contributed by atoms with Crippen LogP contribution in [0.1, 0.15) is 17.5 Å². The molecule has 0 bridgehead atoms. The van der Waals surface area contributed by atoms with Gasteiger partial charge in [0, 0.05) is 5.56 Å². The van der Waals surface area contributed by atoms with Crippen LogP contribution >= 0.6 is 0 Å². The Kier molecular flexibility index (Phi) is 3.84. The van der Waals surface area contributed by atoms with Crippen molar-refractivity contribution >= 4 is 0 Å². The van der Waals surface area contributed by atoms with Crippen molar-refractivity contribution in [3.8, 4) is 17.1 Å². The molecule has 0 spiro atoms. The van der Waals surface area contributed by atoms with Gasteiger partial charge in [0.15, 0.2) is 11.6 Å². The molecule has 1 atom stereocenters. The fourth-order valence-corrected chi connectivity index (χ4v) is 2.09. The number of nitrogens with two attached hydrogens (primary N) is 1. The van der Waals surface area contributed by atoms with Gasteiger partial charge in [0.2, 0.25) is 11.7 Å². The summed E-state index contributed by atoms with van der Waals surface area (Å²) >= 11 is 0. The van der Waals surface area contributed by atoms with Crippen LogP contribution in [0.4, 0.5) is 4.39 Å². The highest BCUT2D eigenvalue weighted by Gasteiger charge is 2.18. The number of hydrogen-bond donors (Lipinski definition) is 1. The molecule has 0 radical (unpaired) electrons. The molecule has 1 heterocycles. The fourth-order valence-electron chi connectivity index (χ4n) is 2.09. The van der Waals surface area contributed by atoms with Crippen LogP contribution in [0, 0.1) is 5.82 Å². The molecule has 22 heavy (non-hydrogen) atoms. The Hall–Kier alpha value is -2.73.